The molecular weight excluding hydrogens is 437 g/mol. The standard InChI is InChI=1S/C25H24FN5O3/c26-18-4-7-21-17(10-18)11-20(23(32)29-21)22(30-27)12-28-19-5-2-16(3-6-19)24(33)31-9-1-8-25(13-31)14-34-15-25/h2-7,10-12H,1,8-9,13-15,27H2,(H,29,32). The molecule has 5 rings (SSSR count). The van der Waals surface area contributed by atoms with Crippen molar-refractivity contribution in [3.63, 3.8) is 0 Å². The van der Waals surface area contributed by atoms with Crippen LogP contribution in [-0.2, 0) is 4.74 Å². The molecule has 3 aromatic rings. The number of aromatic amines is 1. The molecule has 0 aliphatic carbocycles. The third-order valence-electron chi connectivity index (χ3n) is 6.44. The average molecular weight is 461 g/mol. The number of amides is 1. The maximum absolute atomic E-state index is 13.6. The van der Waals surface area contributed by atoms with Gasteiger partial charge in [0.15, 0.2) is 0 Å². The Morgan fingerprint density at radius 1 is 1.18 bits per heavy atom. The van der Waals surface area contributed by atoms with Crippen molar-refractivity contribution in [1.82, 2.24) is 9.88 Å². The number of nitrogens with zero attached hydrogens (tertiary/aromatic N) is 3. The van der Waals surface area contributed by atoms with Crippen LogP contribution in [0.15, 0.2) is 63.4 Å². The Bertz CT molecular complexity index is 1360. The van der Waals surface area contributed by atoms with E-state index >= 15 is 0 Å². The van der Waals surface area contributed by atoms with E-state index in [-0.39, 0.29) is 22.6 Å². The van der Waals surface area contributed by atoms with Gasteiger partial charge in [-0.2, -0.15) is 5.10 Å². The molecule has 2 aromatic carbocycles. The van der Waals surface area contributed by atoms with Crippen LogP contribution in [0.1, 0.15) is 28.8 Å². The number of halogens is 1. The number of pyridine rings is 1. The van der Waals surface area contributed by atoms with Crippen LogP contribution in [0, 0.1) is 11.2 Å². The Balaban J connectivity index is 1.32. The van der Waals surface area contributed by atoms with Crippen molar-refractivity contribution in [2.45, 2.75) is 12.8 Å². The predicted molar refractivity (Wildman–Crippen MR) is 128 cm³/mol. The first-order valence-corrected chi connectivity index (χ1v) is 11.1. The van der Waals surface area contributed by atoms with Crippen LogP contribution in [0.3, 0.4) is 0 Å². The SMILES string of the molecule is NN=C(C=Nc1ccc(C(=O)N2CCCC3(COC3)C2)cc1)c1cc2cc(F)ccc2[nH]c1=O. The molecule has 3 N–H and O–H groups in total. The summed E-state index contributed by atoms with van der Waals surface area (Å²) in [5.74, 6) is 5.09. The number of hydrogen-bond donors (Lipinski definition) is 2. The van der Waals surface area contributed by atoms with E-state index in [9.17, 15) is 14.0 Å². The van der Waals surface area contributed by atoms with E-state index in [1.54, 1.807) is 24.3 Å². The third-order valence-corrected chi connectivity index (χ3v) is 6.44. The Labute approximate surface area is 194 Å². The van der Waals surface area contributed by atoms with Crippen LogP contribution in [-0.4, -0.2) is 54.0 Å². The molecule has 1 spiro atoms. The molecule has 1 amide bonds. The number of rotatable bonds is 4. The van der Waals surface area contributed by atoms with Gasteiger partial charge >= 0.3 is 0 Å². The first-order chi connectivity index (χ1) is 16.5. The number of hydrazone groups is 1. The molecule has 0 saturated carbocycles. The fourth-order valence-corrected chi connectivity index (χ4v) is 4.56. The van der Waals surface area contributed by atoms with Gasteiger partial charge in [0.2, 0.25) is 0 Å². The number of hydrogen-bond acceptors (Lipinski definition) is 6. The van der Waals surface area contributed by atoms with Gasteiger partial charge in [-0.15, -0.1) is 0 Å². The van der Waals surface area contributed by atoms with Crippen LogP contribution < -0.4 is 11.4 Å². The van der Waals surface area contributed by atoms with Gasteiger partial charge in [0, 0.05) is 35.0 Å². The zero-order valence-corrected chi connectivity index (χ0v) is 18.5. The van der Waals surface area contributed by atoms with E-state index in [4.69, 9.17) is 10.6 Å². The van der Waals surface area contributed by atoms with Crippen LogP contribution in [0.25, 0.3) is 10.9 Å². The Kier molecular flexibility index (Phi) is 5.70. The summed E-state index contributed by atoms with van der Waals surface area (Å²) in [6.45, 7) is 2.93. The van der Waals surface area contributed by atoms with Crippen LogP contribution in [0.2, 0.25) is 0 Å². The predicted octanol–water partition coefficient (Wildman–Crippen LogP) is 2.99. The van der Waals surface area contributed by atoms with E-state index in [1.807, 2.05) is 4.90 Å². The maximum atomic E-state index is 13.6. The van der Waals surface area contributed by atoms with E-state index in [1.165, 1.54) is 30.5 Å². The minimum atomic E-state index is -0.416. The van der Waals surface area contributed by atoms with Gasteiger partial charge in [0.1, 0.15) is 11.5 Å². The van der Waals surface area contributed by atoms with Gasteiger partial charge in [-0.3, -0.25) is 14.6 Å². The molecule has 1 aromatic heterocycles. The second-order valence-electron chi connectivity index (χ2n) is 8.89. The number of piperidine rings is 1. The highest BCUT2D eigenvalue weighted by atomic mass is 19.1. The molecule has 0 radical (unpaired) electrons. The Morgan fingerprint density at radius 2 is 1.97 bits per heavy atom. The summed E-state index contributed by atoms with van der Waals surface area (Å²) in [4.78, 5) is 34.4. The van der Waals surface area contributed by atoms with Crippen LogP contribution >= 0.6 is 0 Å². The van der Waals surface area contributed by atoms with Crippen molar-refractivity contribution >= 4 is 34.4 Å². The summed E-state index contributed by atoms with van der Waals surface area (Å²) in [6.07, 6.45) is 3.46. The molecule has 2 fully saturated rings. The molecule has 9 heteroatoms. The van der Waals surface area contributed by atoms with Crippen molar-refractivity contribution in [3.05, 3.63) is 75.8 Å². The van der Waals surface area contributed by atoms with Gasteiger partial charge < -0.3 is 20.5 Å². The second-order valence-corrected chi connectivity index (χ2v) is 8.89. The lowest BCUT2D eigenvalue weighted by Gasteiger charge is -2.48. The quantitative estimate of drug-likeness (QED) is 0.353. The molecule has 2 aliphatic heterocycles. The number of fused-ring (bicyclic) bond motifs is 1. The molecule has 0 atom stereocenters. The number of nitrogens with two attached hydrogens (primary N) is 1. The first-order valence-electron chi connectivity index (χ1n) is 11.1. The number of benzene rings is 2. The largest absolute Gasteiger partial charge is 0.380 e. The summed E-state index contributed by atoms with van der Waals surface area (Å²) < 4.78 is 19.0. The lowest BCUT2D eigenvalue weighted by molar-refractivity contribution is -0.138. The number of H-pyrrole nitrogens is 1. The van der Waals surface area contributed by atoms with Crippen LogP contribution in [0.5, 0.6) is 0 Å². The van der Waals surface area contributed by atoms with Crippen molar-refractivity contribution in [2.75, 3.05) is 26.3 Å². The molecule has 0 bridgehead atoms. The number of ether oxygens (including phenoxy) is 1. The number of carbonyl (C=O) groups is 1. The summed E-state index contributed by atoms with van der Waals surface area (Å²) in [5.41, 5.74) is 1.71. The van der Waals surface area contributed by atoms with Gasteiger partial charge in [0.25, 0.3) is 11.5 Å². The molecule has 8 nitrogen and oxygen atoms in total. The number of aromatic nitrogens is 1. The first kappa shape index (κ1) is 22.0. The highest BCUT2D eigenvalue weighted by molar-refractivity contribution is 6.38. The molecule has 174 valence electrons. The fourth-order valence-electron chi connectivity index (χ4n) is 4.56. The van der Waals surface area contributed by atoms with Crippen molar-refractivity contribution in [3.8, 4) is 0 Å². The molecular formula is C25H24FN5O3. The summed E-state index contributed by atoms with van der Waals surface area (Å²) >= 11 is 0. The smallest absolute Gasteiger partial charge is 0.258 e. The zero-order valence-electron chi connectivity index (χ0n) is 18.5. The van der Waals surface area contributed by atoms with Crippen molar-refractivity contribution in [2.24, 2.45) is 21.4 Å². The van der Waals surface area contributed by atoms with Gasteiger partial charge in [-0.25, -0.2) is 4.39 Å². The fraction of sp³-hybridized carbons (Fsp3) is 0.280. The van der Waals surface area contributed by atoms with E-state index in [0.717, 1.165) is 39.1 Å². The molecule has 0 unspecified atom stereocenters. The maximum Gasteiger partial charge on any atom is 0.258 e. The topological polar surface area (TPSA) is 113 Å². The third kappa shape index (κ3) is 4.22. The second kappa shape index (κ2) is 8.83. The van der Waals surface area contributed by atoms with Gasteiger partial charge in [-0.05, 0) is 61.4 Å². The number of aliphatic imine (C=N–C) groups is 1. The molecule has 2 saturated heterocycles. The number of carbonyl (C=O) groups excluding carboxylic acids is 1. The van der Waals surface area contributed by atoms with E-state index < -0.39 is 11.4 Å². The van der Waals surface area contributed by atoms with E-state index in [2.05, 4.69) is 15.1 Å². The summed E-state index contributed by atoms with van der Waals surface area (Å²) in [6, 6.07) is 12.5. The average Bonchev–Trinajstić information content (AvgIpc) is 2.84. The van der Waals surface area contributed by atoms with E-state index in [0.29, 0.717) is 22.2 Å². The highest BCUT2D eigenvalue weighted by Crippen LogP contribution is 2.37. The lowest BCUT2D eigenvalue weighted by atomic mass is 9.78. The van der Waals surface area contributed by atoms with Gasteiger partial charge in [-0.1, -0.05) is 0 Å². The minimum absolute atomic E-state index is 0.000596. The molecule has 2 aliphatic rings. The number of likely N-dealkylation sites (tertiary alicyclic amines) is 1. The van der Waals surface area contributed by atoms with Crippen molar-refractivity contribution < 1.29 is 13.9 Å². The Hall–Kier alpha value is -3.85. The monoisotopic (exact) mass is 461 g/mol. The normalized spacial score (nSPS) is 17.9. The zero-order chi connectivity index (χ0) is 23.7. The highest BCUT2D eigenvalue weighted by Gasteiger charge is 2.43. The summed E-state index contributed by atoms with van der Waals surface area (Å²) in [5, 5.41) is 4.19. The lowest BCUT2D eigenvalue weighted by Crippen LogP contribution is -2.55. The molecule has 34 heavy (non-hydrogen) atoms. The minimum Gasteiger partial charge on any atom is -0.380 e. The van der Waals surface area contributed by atoms with Gasteiger partial charge in [0.05, 0.1) is 30.7 Å². The Morgan fingerprint density at radius 3 is 2.68 bits per heavy atom. The summed E-state index contributed by atoms with van der Waals surface area (Å²) in [7, 11) is 0. The molecule has 3 heterocycles. The number of nitrogens with one attached hydrogen (secondary N) is 1. The van der Waals surface area contributed by atoms with Crippen LogP contribution in [0.4, 0.5) is 10.1 Å². The van der Waals surface area contributed by atoms with Crippen molar-refractivity contribution in [1.29, 1.82) is 0 Å².